The summed E-state index contributed by atoms with van der Waals surface area (Å²) in [4.78, 5) is 37.4. The summed E-state index contributed by atoms with van der Waals surface area (Å²) >= 11 is 0. The molecule has 1 amide bonds. The lowest BCUT2D eigenvalue weighted by Gasteiger charge is -2.26. The standard InChI is InChI=1S/C31H41FN6O6S/c1-7-10-19-43-29(39)26(20-22-11-15-24(16-12-22)44-31(40)36(4)5)34-28-27(21-33-30(35-28)38(8-2)9-3)37(6)45(41,42)25-17-13-23(32)14-18-25/h11-18,21,26H,7-10,19-20H2,1-6H3,(H,33,34,35). The van der Waals surface area contributed by atoms with E-state index in [9.17, 15) is 22.4 Å². The Morgan fingerprint density at radius 2 is 1.62 bits per heavy atom. The van der Waals surface area contributed by atoms with Gasteiger partial charge in [-0.05, 0) is 62.2 Å². The van der Waals surface area contributed by atoms with Crippen molar-refractivity contribution < 1.29 is 31.9 Å². The van der Waals surface area contributed by atoms with E-state index in [4.69, 9.17) is 9.47 Å². The molecule has 3 rings (SSSR count). The number of sulfonamides is 1. The van der Waals surface area contributed by atoms with Gasteiger partial charge in [0.1, 0.15) is 23.3 Å². The number of carbonyl (C=O) groups excluding carboxylic acids is 2. The summed E-state index contributed by atoms with van der Waals surface area (Å²) in [6, 6.07) is 10.2. The Hall–Kier alpha value is -4.46. The van der Waals surface area contributed by atoms with Crippen LogP contribution in [0.25, 0.3) is 0 Å². The van der Waals surface area contributed by atoms with Gasteiger partial charge in [0, 0.05) is 40.7 Å². The molecule has 1 atom stereocenters. The molecule has 1 unspecified atom stereocenters. The van der Waals surface area contributed by atoms with E-state index in [1.165, 1.54) is 30.3 Å². The number of aromatic nitrogens is 2. The van der Waals surface area contributed by atoms with E-state index in [2.05, 4.69) is 15.3 Å². The average molecular weight is 645 g/mol. The van der Waals surface area contributed by atoms with Gasteiger partial charge in [-0.2, -0.15) is 4.98 Å². The number of nitrogens with one attached hydrogen (secondary N) is 1. The Morgan fingerprint density at radius 1 is 0.978 bits per heavy atom. The minimum Gasteiger partial charge on any atom is -0.464 e. The Labute approximate surface area is 264 Å². The van der Waals surface area contributed by atoms with Crippen LogP contribution in [0.2, 0.25) is 0 Å². The maximum Gasteiger partial charge on any atom is 0.414 e. The molecule has 0 aliphatic carbocycles. The van der Waals surface area contributed by atoms with Crippen molar-refractivity contribution >= 4 is 39.5 Å². The number of benzene rings is 2. The Kier molecular flexibility index (Phi) is 12.5. The number of anilines is 3. The second kappa shape index (κ2) is 16.0. The number of carbonyl (C=O) groups is 2. The highest BCUT2D eigenvalue weighted by molar-refractivity contribution is 7.92. The summed E-state index contributed by atoms with van der Waals surface area (Å²) in [6.07, 6.45) is 2.49. The maximum absolute atomic E-state index is 13.6. The van der Waals surface area contributed by atoms with E-state index < -0.39 is 33.9 Å². The van der Waals surface area contributed by atoms with Crippen LogP contribution in [-0.4, -0.2) is 82.2 Å². The number of rotatable bonds is 15. The van der Waals surface area contributed by atoms with Crippen molar-refractivity contribution in [2.75, 3.05) is 55.4 Å². The number of esters is 1. The third kappa shape index (κ3) is 9.27. The van der Waals surface area contributed by atoms with Crippen molar-refractivity contribution in [1.82, 2.24) is 14.9 Å². The molecule has 3 aromatic rings. The first-order valence-corrected chi connectivity index (χ1v) is 16.1. The van der Waals surface area contributed by atoms with Gasteiger partial charge in [-0.3, -0.25) is 4.31 Å². The molecule has 2 aromatic carbocycles. The van der Waals surface area contributed by atoms with E-state index in [1.807, 2.05) is 25.7 Å². The van der Waals surface area contributed by atoms with Crippen molar-refractivity contribution in [2.24, 2.45) is 0 Å². The lowest BCUT2D eigenvalue weighted by molar-refractivity contribution is -0.144. The van der Waals surface area contributed by atoms with Crippen molar-refractivity contribution in [3.8, 4) is 5.75 Å². The fourth-order valence-electron chi connectivity index (χ4n) is 4.15. The van der Waals surface area contributed by atoms with Crippen molar-refractivity contribution in [2.45, 2.75) is 51.0 Å². The first kappa shape index (κ1) is 35.0. The minimum atomic E-state index is -4.16. The molecule has 0 saturated carbocycles. The van der Waals surface area contributed by atoms with Gasteiger partial charge >= 0.3 is 12.1 Å². The highest BCUT2D eigenvalue weighted by atomic mass is 32.2. The highest BCUT2D eigenvalue weighted by Crippen LogP contribution is 2.30. The zero-order valence-corrected chi connectivity index (χ0v) is 27.3. The number of unbranched alkanes of at least 4 members (excludes halogenated alkanes) is 1. The number of hydrogen-bond acceptors (Lipinski definition) is 10. The molecule has 244 valence electrons. The van der Waals surface area contributed by atoms with Gasteiger partial charge in [-0.1, -0.05) is 25.5 Å². The van der Waals surface area contributed by atoms with Crippen LogP contribution in [0.5, 0.6) is 5.75 Å². The maximum atomic E-state index is 13.6. The predicted molar refractivity (Wildman–Crippen MR) is 171 cm³/mol. The van der Waals surface area contributed by atoms with Crippen molar-refractivity contribution in [3.63, 3.8) is 0 Å². The molecule has 0 radical (unpaired) electrons. The normalized spacial score (nSPS) is 11.8. The number of halogens is 1. The average Bonchev–Trinajstić information content (AvgIpc) is 3.02. The number of nitrogens with zero attached hydrogens (tertiary/aromatic N) is 5. The van der Waals surface area contributed by atoms with Crippen LogP contribution in [0.4, 0.5) is 26.6 Å². The first-order chi connectivity index (χ1) is 21.4. The van der Waals surface area contributed by atoms with Crippen LogP contribution >= 0.6 is 0 Å². The van der Waals surface area contributed by atoms with E-state index in [-0.39, 0.29) is 29.4 Å². The fourth-order valence-corrected chi connectivity index (χ4v) is 5.34. The quantitative estimate of drug-likeness (QED) is 0.183. The number of hydrogen-bond donors (Lipinski definition) is 1. The van der Waals surface area contributed by atoms with E-state index in [0.717, 1.165) is 28.4 Å². The fraction of sp³-hybridized carbons (Fsp3) is 0.419. The van der Waals surface area contributed by atoms with Crippen LogP contribution < -0.4 is 19.3 Å². The molecule has 0 aliphatic rings. The molecular formula is C31H41FN6O6S. The van der Waals surface area contributed by atoms with Gasteiger partial charge in [0.05, 0.1) is 17.7 Å². The SMILES string of the molecule is CCCCOC(=O)C(Cc1ccc(OC(=O)N(C)C)cc1)Nc1nc(N(CC)CC)ncc1N(C)S(=O)(=O)c1ccc(F)cc1. The molecule has 0 fully saturated rings. The summed E-state index contributed by atoms with van der Waals surface area (Å²) in [5, 5.41) is 3.13. The van der Waals surface area contributed by atoms with Crippen LogP contribution in [-0.2, 0) is 26.0 Å². The molecule has 0 bridgehead atoms. The van der Waals surface area contributed by atoms with Crippen LogP contribution in [0.1, 0.15) is 39.2 Å². The van der Waals surface area contributed by atoms with Crippen LogP contribution in [0, 0.1) is 5.82 Å². The molecule has 14 heteroatoms. The number of amides is 1. The smallest absolute Gasteiger partial charge is 0.414 e. The minimum absolute atomic E-state index is 0.0764. The predicted octanol–water partition coefficient (Wildman–Crippen LogP) is 4.71. The van der Waals surface area contributed by atoms with Gasteiger partial charge in [0.25, 0.3) is 10.0 Å². The molecule has 12 nitrogen and oxygen atoms in total. The van der Waals surface area contributed by atoms with Gasteiger partial charge in [-0.25, -0.2) is 27.4 Å². The van der Waals surface area contributed by atoms with Crippen LogP contribution in [0.3, 0.4) is 0 Å². The van der Waals surface area contributed by atoms with E-state index >= 15 is 0 Å². The number of ether oxygens (including phenoxy) is 2. The second-order valence-electron chi connectivity index (χ2n) is 10.3. The topological polar surface area (TPSA) is 134 Å². The largest absolute Gasteiger partial charge is 0.464 e. The molecule has 0 saturated heterocycles. The highest BCUT2D eigenvalue weighted by Gasteiger charge is 2.29. The summed E-state index contributed by atoms with van der Waals surface area (Å²) in [7, 11) is 0.330. The Morgan fingerprint density at radius 3 is 2.20 bits per heavy atom. The zero-order chi connectivity index (χ0) is 33.1. The monoisotopic (exact) mass is 644 g/mol. The van der Waals surface area contributed by atoms with Crippen molar-refractivity contribution in [1.29, 1.82) is 0 Å². The summed E-state index contributed by atoms with van der Waals surface area (Å²) < 4.78 is 52.5. The molecule has 0 spiro atoms. The van der Waals surface area contributed by atoms with Gasteiger partial charge < -0.3 is 24.6 Å². The molecule has 45 heavy (non-hydrogen) atoms. The van der Waals surface area contributed by atoms with Gasteiger partial charge in [0.2, 0.25) is 5.95 Å². The lowest BCUT2D eigenvalue weighted by Crippen LogP contribution is -2.36. The molecular weight excluding hydrogens is 603 g/mol. The van der Waals surface area contributed by atoms with Crippen molar-refractivity contribution in [3.05, 3.63) is 66.1 Å². The third-order valence-electron chi connectivity index (χ3n) is 6.89. The zero-order valence-electron chi connectivity index (χ0n) is 26.5. The molecule has 1 N–H and O–H groups in total. The van der Waals surface area contributed by atoms with Gasteiger partial charge in [0.15, 0.2) is 5.82 Å². The summed E-state index contributed by atoms with van der Waals surface area (Å²) in [5.74, 6) is -0.358. The Balaban J connectivity index is 2.02. The summed E-state index contributed by atoms with van der Waals surface area (Å²) in [5.41, 5.74) is 0.795. The molecule has 1 heterocycles. The van der Waals surface area contributed by atoms with E-state index in [0.29, 0.717) is 31.2 Å². The third-order valence-corrected chi connectivity index (χ3v) is 8.67. The first-order valence-electron chi connectivity index (χ1n) is 14.7. The second-order valence-corrected chi connectivity index (χ2v) is 12.3. The molecule has 1 aromatic heterocycles. The van der Waals surface area contributed by atoms with Gasteiger partial charge in [-0.15, -0.1) is 0 Å². The Bertz CT molecular complexity index is 1530. The van der Waals surface area contributed by atoms with Crippen LogP contribution in [0.15, 0.2) is 59.6 Å². The molecule has 0 aliphatic heterocycles. The van der Waals surface area contributed by atoms with E-state index in [1.54, 1.807) is 38.4 Å². The summed E-state index contributed by atoms with van der Waals surface area (Å²) in [6.45, 7) is 7.25. The lowest BCUT2D eigenvalue weighted by atomic mass is 10.1.